The topological polar surface area (TPSA) is 0 Å². The Morgan fingerprint density at radius 3 is 1.38 bits per heavy atom. The second-order valence-corrected chi connectivity index (χ2v) is 3.62. The first kappa shape index (κ1) is 4.84. The predicted molar refractivity (Wildman–Crippen MR) is 34.5 cm³/mol. The van der Waals surface area contributed by atoms with Gasteiger partial charge in [0, 0.05) is 0 Å². The van der Waals surface area contributed by atoms with E-state index in [-0.39, 0.29) is 0 Å². The van der Waals surface area contributed by atoms with Crippen LogP contribution in [-0.2, 0) is 0 Å². The highest BCUT2D eigenvalue weighted by Crippen LogP contribution is 2.57. The Morgan fingerprint density at radius 2 is 1.25 bits per heavy atom. The molecule has 0 aromatic carbocycles. The van der Waals surface area contributed by atoms with Gasteiger partial charge in [-0.05, 0) is 36.5 Å². The lowest BCUT2D eigenvalue weighted by Gasteiger charge is -2.57. The van der Waals surface area contributed by atoms with E-state index in [9.17, 15) is 0 Å². The predicted octanol–water partition coefficient (Wildman–Crippen LogP) is 2.30. The highest BCUT2D eigenvalue weighted by molar-refractivity contribution is 4.99. The number of hydrogen-bond donors (Lipinski definition) is 0. The van der Waals surface area contributed by atoms with Crippen molar-refractivity contribution in [3.63, 3.8) is 0 Å². The summed E-state index contributed by atoms with van der Waals surface area (Å²) in [5, 5.41) is 0. The SMILES string of the molecule is CC1C(C)C2CCC12. The molecule has 0 saturated heterocycles. The van der Waals surface area contributed by atoms with Crippen LogP contribution in [0.2, 0.25) is 0 Å². The summed E-state index contributed by atoms with van der Waals surface area (Å²) in [6.45, 7) is 4.82. The summed E-state index contributed by atoms with van der Waals surface area (Å²) in [6, 6.07) is 0. The molecule has 8 heavy (non-hydrogen) atoms. The van der Waals surface area contributed by atoms with Crippen molar-refractivity contribution < 1.29 is 0 Å². The molecule has 4 unspecified atom stereocenters. The molecule has 0 N–H and O–H groups in total. The van der Waals surface area contributed by atoms with Crippen molar-refractivity contribution in [1.29, 1.82) is 0 Å². The van der Waals surface area contributed by atoms with Crippen LogP contribution in [0.25, 0.3) is 0 Å². The Hall–Kier alpha value is 0. The van der Waals surface area contributed by atoms with Gasteiger partial charge in [-0.2, -0.15) is 0 Å². The quantitative estimate of drug-likeness (QED) is 0.449. The lowest BCUT2D eigenvalue weighted by molar-refractivity contribution is -0.0815. The van der Waals surface area contributed by atoms with E-state index in [0.29, 0.717) is 0 Å². The van der Waals surface area contributed by atoms with Gasteiger partial charge in [0.05, 0.1) is 0 Å². The summed E-state index contributed by atoms with van der Waals surface area (Å²) in [4.78, 5) is 0. The average molecular weight is 110 g/mol. The number of rotatable bonds is 0. The Kier molecular flexibility index (Phi) is 0.778. The Balaban J connectivity index is 2.03. The van der Waals surface area contributed by atoms with E-state index in [0.717, 1.165) is 23.7 Å². The molecule has 0 aliphatic heterocycles. The van der Waals surface area contributed by atoms with Crippen LogP contribution in [0.15, 0.2) is 0 Å². The molecule has 0 heterocycles. The fourth-order valence-corrected chi connectivity index (χ4v) is 2.49. The average Bonchev–Trinajstić information content (AvgIpc) is 1.64. The molecule has 0 amide bonds. The van der Waals surface area contributed by atoms with Crippen LogP contribution in [0.4, 0.5) is 0 Å². The zero-order valence-electron chi connectivity index (χ0n) is 5.72. The van der Waals surface area contributed by atoms with Gasteiger partial charge in [0.2, 0.25) is 0 Å². The van der Waals surface area contributed by atoms with Gasteiger partial charge in [0.1, 0.15) is 0 Å². The molecule has 0 bridgehead atoms. The highest BCUT2D eigenvalue weighted by Gasteiger charge is 2.50. The van der Waals surface area contributed by atoms with Crippen LogP contribution < -0.4 is 0 Å². The number of fused-ring (bicyclic) bond motifs is 1. The van der Waals surface area contributed by atoms with E-state index in [1.54, 1.807) is 0 Å². The molecular formula is C8H14. The summed E-state index contributed by atoms with van der Waals surface area (Å²) < 4.78 is 0. The molecule has 46 valence electrons. The molecule has 0 heteroatoms. The van der Waals surface area contributed by atoms with Crippen LogP contribution in [0, 0.1) is 23.7 Å². The van der Waals surface area contributed by atoms with E-state index in [4.69, 9.17) is 0 Å². The van der Waals surface area contributed by atoms with Gasteiger partial charge in [-0.1, -0.05) is 13.8 Å². The van der Waals surface area contributed by atoms with Gasteiger partial charge in [-0.25, -0.2) is 0 Å². The van der Waals surface area contributed by atoms with E-state index < -0.39 is 0 Å². The molecule has 0 radical (unpaired) electrons. The molecular weight excluding hydrogens is 96.1 g/mol. The van der Waals surface area contributed by atoms with Crippen LogP contribution in [-0.4, -0.2) is 0 Å². The Bertz CT molecular complexity index is 80.6. The van der Waals surface area contributed by atoms with Crippen molar-refractivity contribution in [1.82, 2.24) is 0 Å². The Labute approximate surface area is 51.3 Å². The van der Waals surface area contributed by atoms with Crippen LogP contribution in [0.1, 0.15) is 26.7 Å². The molecule has 2 aliphatic rings. The summed E-state index contributed by atoms with van der Waals surface area (Å²) in [6.07, 6.45) is 3.08. The van der Waals surface area contributed by atoms with Gasteiger partial charge in [0.25, 0.3) is 0 Å². The second-order valence-electron chi connectivity index (χ2n) is 3.62. The van der Waals surface area contributed by atoms with E-state index in [1.165, 1.54) is 12.8 Å². The lowest BCUT2D eigenvalue weighted by atomic mass is 9.48. The summed E-state index contributed by atoms with van der Waals surface area (Å²) in [7, 11) is 0. The fraction of sp³-hybridized carbons (Fsp3) is 1.00. The summed E-state index contributed by atoms with van der Waals surface area (Å²) >= 11 is 0. The molecule has 2 fully saturated rings. The molecule has 0 aromatic rings. The van der Waals surface area contributed by atoms with Gasteiger partial charge in [-0.15, -0.1) is 0 Å². The van der Waals surface area contributed by atoms with E-state index in [1.807, 2.05) is 0 Å². The molecule has 0 nitrogen and oxygen atoms in total. The van der Waals surface area contributed by atoms with Crippen molar-refractivity contribution in [2.45, 2.75) is 26.7 Å². The van der Waals surface area contributed by atoms with Crippen molar-refractivity contribution >= 4 is 0 Å². The van der Waals surface area contributed by atoms with Crippen LogP contribution in [0.5, 0.6) is 0 Å². The molecule has 2 aliphatic carbocycles. The minimum absolute atomic E-state index is 1.06. The van der Waals surface area contributed by atoms with Crippen molar-refractivity contribution in [2.24, 2.45) is 23.7 Å². The summed E-state index contributed by atoms with van der Waals surface area (Å²) in [5.41, 5.74) is 0. The molecule has 4 atom stereocenters. The van der Waals surface area contributed by atoms with E-state index >= 15 is 0 Å². The molecule has 0 spiro atoms. The van der Waals surface area contributed by atoms with Gasteiger partial charge < -0.3 is 0 Å². The normalized spacial score (nSPS) is 60.8. The fourth-order valence-electron chi connectivity index (χ4n) is 2.49. The first-order valence-corrected chi connectivity index (χ1v) is 3.80. The van der Waals surface area contributed by atoms with Gasteiger partial charge in [0.15, 0.2) is 0 Å². The minimum atomic E-state index is 1.06. The molecule has 0 aromatic heterocycles. The third-order valence-corrected chi connectivity index (χ3v) is 3.56. The van der Waals surface area contributed by atoms with Crippen LogP contribution >= 0.6 is 0 Å². The van der Waals surface area contributed by atoms with Crippen molar-refractivity contribution in [3.8, 4) is 0 Å². The monoisotopic (exact) mass is 110 g/mol. The van der Waals surface area contributed by atoms with Crippen LogP contribution in [0.3, 0.4) is 0 Å². The smallest absolute Gasteiger partial charge is 0.0355 e. The minimum Gasteiger partial charge on any atom is -0.0620 e. The maximum atomic E-state index is 2.41. The number of hydrogen-bond acceptors (Lipinski definition) is 0. The van der Waals surface area contributed by atoms with Gasteiger partial charge in [-0.3, -0.25) is 0 Å². The lowest BCUT2D eigenvalue weighted by Crippen LogP contribution is -2.50. The zero-order chi connectivity index (χ0) is 5.72. The molecule has 2 saturated carbocycles. The standard InChI is InChI=1S/C8H14/c1-5-6(2)8-4-3-7(5)8/h5-8H,3-4H2,1-2H3. The Morgan fingerprint density at radius 1 is 0.875 bits per heavy atom. The van der Waals surface area contributed by atoms with Crippen molar-refractivity contribution in [2.75, 3.05) is 0 Å². The highest BCUT2D eigenvalue weighted by atomic mass is 14.5. The first-order chi connectivity index (χ1) is 3.80. The maximum Gasteiger partial charge on any atom is -0.0355 e. The van der Waals surface area contributed by atoms with Gasteiger partial charge >= 0.3 is 0 Å². The molecule has 2 rings (SSSR count). The third kappa shape index (κ3) is 0.340. The second kappa shape index (κ2) is 1.29. The zero-order valence-corrected chi connectivity index (χ0v) is 5.72. The largest absolute Gasteiger partial charge is 0.0620 e. The van der Waals surface area contributed by atoms with E-state index in [2.05, 4.69) is 13.8 Å². The maximum absolute atomic E-state index is 2.41. The third-order valence-electron chi connectivity index (χ3n) is 3.56. The van der Waals surface area contributed by atoms with Crippen molar-refractivity contribution in [3.05, 3.63) is 0 Å². The summed E-state index contributed by atoms with van der Waals surface area (Å²) in [5.74, 6) is 4.44. The first-order valence-electron chi connectivity index (χ1n) is 3.80.